The summed E-state index contributed by atoms with van der Waals surface area (Å²) in [6.45, 7) is 5.07. The highest BCUT2D eigenvalue weighted by Crippen LogP contribution is 2.25. The van der Waals surface area contributed by atoms with Crippen molar-refractivity contribution in [3.8, 4) is 11.5 Å². The van der Waals surface area contributed by atoms with Gasteiger partial charge in [0, 0.05) is 11.8 Å². The first-order valence-corrected chi connectivity index (χ1v) is 8.80. The predicted octanol–water partition coefficient (Wildman–Crippen LogP) is 3.75. The van der Waals surface area contributed by atoms with E-state index < -0.39 is 5.56 Å². The van der Waals surface area contributed by atoms with Crippen molar-refractivity contribution in [1.82, 2.24) is 9.55 Å². The number of anilines is 2. The number of aryl methyl sites for hydroxylation is 1. The lowest BCUT2D eigenvalue weighted by atomic mass is 10.2. The molecular weight excluding hydrogens is 342 g/mol. The van der Waals surface area contributed by atoms with Crippen molar-refractivity contribution in [2.45, 2.75) is 20.4 Å². The number of rotatable bonds is 7. The van der Waals surface area contributed by atoms with Crippen LogP contribution in [0, 0.1) is 6.92 Å². The molecule has 0 bridgehead atoms. The molecule has 0 unspecified atom stereocenters. The molecule has 140 valence electrons. The van der Waals surface area contributed by atoms with Crippen LogP contribution in [0.3, 0.4) is 0 Å². The van der Waals surface area contributed by atoms with Gasteiger partial charge in [0.1, 0.15) is 5.75 Å². The maximum absolute atomic E-state index is 12.2. The highest BCUT2D eigenvalue weighted by molar-refractivity contribution is 5.61. The summed E-state index contributed by atoms with van der Waals surface area (Å²) in [6, 6.07) is 15.8. The standard InChI is InChI=1S/C21H23N3O3/c1-4-27-17-11-10-15(2)18(12-17)22-21-23-20(25)19(26-3)14-24(21)13-16-8-6-5-7-9-16/h5-12,14H,4,13H2,1-3H3,(H,22,23,25). The number of hydrogen-bond acceptors (Lipinski definition) is 5. The van der Waals surface area contributed by atoms with Gasteiger partial charge in [0.15, 0.2) is 0 Å². The Bertz CT molecular complexity index is 968. The molecule has 1 heterocycles. The lowest BCUT2D eigenvalue weighted by molar-refractivity contribution is 0.340. The fraction of sp³-hybridized carbons (Fsp3) is 0.238. The number of methoxy groups -OCH3 is 1. The van der Waals surface area contributed by atoms with Crippen LogP contribution in [0.15, 0.2) is 59.5 Å². The number of nitrogens with one attached hydrogen (secondary N) is 1. The van der Waals surface area contributed by atoms with Crippen LogP contribution in [0.25, 0.3) is 0 Å². The average molecular weight is 365 g/mol. The molecule has 0 aliphatic carbocycles. The first-order valence-electron chi connectivity index (χ1n) is 8.80. The second kappa shape index (κ2) is 8.40. The van der Waals surface area contributed by atoms with E-state index in [4.69, 9.17) is 9.47 Å². The van der Waals surface area contributed by atoms with Gasteiger partial charge in [-0.1, -0.05) is 36.4 Å². The van der Waals surface area contributed by atoms with Crippen LogP contribution in [0.5, 0.6) is 11.5 Å². The first kappa shape index (κ1) is 18.5. The van der Waals surface area contributed by atoms with Gasteiger partial charge in [0.25, 0.3) is 0 Å². The van der Waals surface area contributed by atoms with Crippen LogP contribution >= 0.6 is 0 Å². The van der Waals surface area contributed by atoms with Crippen molar-refractivity contribution in [2.75, 3.05) is 19.0 Å². The molecule has 1 N–H and O–H groups in total. The van der Waals surface area contributed by atoms with E-state index in [-0.39, 0.29) is 5.75 Å². The molecule has 2 aromatic carbocycles. The summed E-state index contributed by atoms with van der Waals surface area (Å²) in [7, 11) is 1.47. The van der Waals surface area contributed by atoms with Crippen LogP contribution in [-0.2, 0) is 6.54 Å². The van der Waals surface area contributed by atoms with Crippen molar-refractivity contribution >= 4 is 11.6 Å². The van der Waals surface area contributed by atoms with E-state index in [9.17, 15) is 4.79 Å². The zero-order valence-corrected chi connectivity index (χ0v) is 15.7. The second-order valence-electron chi connectivity index (χ2n) is 6.09. The molecular formula is C21H23N3O3. The molecule has 0 saturated carbocycles. The van der Waals surface area contributed by atoms with E-state index in [0.29, 0.717) is 19.1 Å². The van der Waals surface area contributed by atoms with Gasteiger partial charge in [-0.3, -0.25) is 4.79 Å². The molecule has 3 aromatic rings. The molecule has 0 aliphatic heterocycles. The van der Waals surface area contributed by atoms with Crippen LogP contribution in [0.2, 0.25) is 0 Å². The van der Waals surface area contributed by atoms with E-state index >= 15 is 0 Å². The molecule has 0 fully saturated rings. The number of hydrogen-bond donors (Lipinski definition) is 1. The smallest absolute Gasteiger partial charge is 0.316 e. The van der Waals surface area contributed by atoms with Crippen LogP contribution in [-0.4, -0.2) is 23.3 Å². The summed E-state index contributed by atoms with van der Waals surface area (Å²) in [5.41, 5.74) is 2.53. The summed E-state index contributed by atoms with van der Waals surface area (Å²) < 4.78 is 12.6. The van der Waals surface area contributed by atoms with E-state index in [1.165, 1.54) is 7.11 Å². The molecule has 3 rings (SSSR count). The summed E-state index contributed by atoms with van der Waals surface area (Å²) in [5.74, 6) is 1.41. The van der Waals surface area contributed by atoms with Gasteiger partial charge < -0.3 is 19.4 Å². The minimum absolute atomic E-state index is 0.205. The summed E-state index contributed by atoms with van der Waals surface area (Å²) in [6.07, 6.45) is 1.67. The number of ether oxygens (including phenoxy) is 2. The highest BCUT2D eigenvalue weighted by Gasteiger charge is 2.11. The summed E-state index contributed by atoms with van der Waals surface area (Å²) in [4.78, 5) is 16.4. The molecule has 6 nitrogen and oxygen atoms in total. The minimum Gasteiger partial charge on any atom is -0.494 e. The number of aromatic nitrogens is 2. The lowest BCUT2D eigenvalue weighted by Crippen LogP contribution is -2.19. The summed E-state index contributed by atoms with van der Waals surface area (Å²) in [5, 5.41) is 3.27. The minimum atomic E-state index is -0.414. The maximum atomic E-state index is 12.2. The van der Waals surface area contributed by atoms with E-state index in [0.717, 1.165) is 22.6 Å². The second-order valence-corrected chi connectivity index (χ2v) is 6.09. The van der Waals surface area contributed by atoms with Crippen molar-refractivity contribution in [3.05, 3.63) is 76.2 Å². The fourth-order valence-corrected chi connectivity index (χ4v) is 2.73. The Morgan fingerprint density at radius 2 is 1.93 bits per heavy atom. The molecule has 27 heavy (non-hydrogen) atoms. The fourth-order valence-electron chi connectivity index (χ4n) is 2.73. The third-order valence-electron chi connectivity index (χ3n) is 4.15. The van der Waals surface area contributed by atoms with Gasteiger partial charge in [-0.2, -0.15) is 4.98 Å². The monoisotopic (exact) mass is 365 g/mol. The Morgan fingerprint density at radius 1 is 1.15 bits per heavy atom. The van der Waals surface area contributed by atoms with Gasteiger partial charge in [-0.15, -0.1) is 0 Å². The normalized spacial score (nSPS) is 10.5. The largest absolute Gasteiger partial charge is 0.494 e. The third-order valence-corrected chi connectivity index (χ3v) is 4.15. The van der Waals surface area contributed by atoms with Crippen molar-refractivity contribution in [1.29, 1.82) is 0 Å². The van der Waals surface area contributed by atoms with E-state index in [2.05, 4.69) is 10.3 Å². The molecule has 1 aromatic heterocycles. The maximum Gasteiger partial charge on any atom is 0.316 e. The predicted molar refractivity (Wildman–Crippen MR) is 106 cm³/mol. The Labute approximate surface area is 158 Å². The van der Waals surface area contributed by atoms with Gasteiger partial charge in [0.2, 0.25) is 11.7 Å². The molecule has 0 radical (unpaired) electrons. The van der Waals surface area contributed by atoms with Crippen LogP contribution in [0.4, 0.5) is 11.6 Å². The average Bonchev–Trinajstić information content (AvgIpc) is 2.67. The Kier molecular flexibility index (Phi) is 5.76. The lowest BCUT2D eigenvalue weighted by Gasteiger charge is -2.17. The van der Waals surface area contributed by atoms with Crippen LogP contribution < -0.4 is 20.3 Å². The zero-order valence-electron chi connectivity index (χ0n) is 15.7. The van der Waals surface area contributed by atoms with Gasteiger partial charge in [-0.05, 0) is 31.0 Å². The highest BCUT2D eigenvalue weighted by atomic mass is 16.5. The van der Waals surface area contributed by atoms with E-state index in [1.807, 2.05) is 66.9 Å². The molecule has 0 amide bonds. The number of nitrogens with zero attached hydrogens (tertiary/aromatic N) is 2. The Balaban J connectivity index is 2.00. The van der Waals surface area contributed by atoms with E-state index in [1.54, 1.807) is 6.20 Å². The zero-order chi connectivity index (χ0) is 19.2. The first-order chi connectivity index (χ1) is 13.1. The third kappa shape index (κ3) is 4.47. The van der Waals surface area contributed by atoms with Gasteiger partial charge in [0.05, 0.1) is 26.5 Å². The van der Waals surface area contributed by atoms with Gasteiger partial charge in [-0.25, -0.2) is 0 Å². The Morgan fingerprint density at radius 3 is 2.63 bits per heavy atom. The topological polar surface area (TPSA) is 65.4 Å². The molecule has 0 spiro atoms. The Hall–Kier alpha value is -3.28. The quantitative estimate of drug-likeness (QED) is 0.691. The SMILES string of the molecule is CCOc1ccc(C)c(Nc2nc(=O)c(OC)cn2Cc2ccccc2)c1. The van der Waals surface area contributed by atoms with Crippen LogP contribution in [0.1, 0.15) is 18.1 Å². The van der Waals surface area contributed by atoms with Crippen molar-refractivity contribution < 1.29 is 9.47 Å². The molecule has 0 saturated heterocycles. The number of benzene rings is 2. The summed E-state index contributed by atoms with van der Waals surface area (Å²) >= 11 is 0. The molecule has 6 heteroatoms. The van der Waals surface area contributed by atoms with Crippen molar-refractivity contribution in [3.63, 3.8) is 0 Å². The molecule has 0 aliphatic rings. The van der Waals surface area contributed by atoms with Crippen molar-refractivity contribution in [2.24, 2.45) is 0 Å². The molecule has 0 atom stereocenters. The van der Waals surface area contributed by atoms with Gasteiger partial charge >= 0.3 is 5.56 Å².